The Morgan fingerprint density at radius 3 is 2.15 bits per heavy atom. The molecule has 0 saturated heterocycles. The van der Waals surface area contributed by atoms with Gasteiger partial charge in [-0.25, -0.2) is 0 Å². The lowest BCUT2D eigenvalue weighted by Gasteiger charge is -2.18. The number of ether oxygens (including phenoxy) is 4. The first-order valence-corrected chi connectivity index (χ1v) is 8.40. The molecule has 6 nitrogen and oxygen atoms in total. The van der Waals surface area contributed by atoms with Crippen LogP contribution in [0, 0.1) is 6.92 Å². The van der Waals surface area contributed by atoms with E-state index in [9.17, 15) is 4.79 Å². The van der Waals surface area contributed by atoms with Crippen LogP contribution in [0.5, 0.6) is 17.2 Å². The number of fused-ring (bicyclic) bond motifs is 1. The minimum Gasteiger partial charge on any atom is -0.497 e. The molecule has 0 bridgehead atoms. The van der Waals surface area contributed by atoms with Crippen LogP contribution < -0.4 is 19.6 Å². The second kappa shape index (κ2) is 7.72. The van der Waals surface area contributed by atoms with Crippen molar-refractivity contribution < 1.29 is 23.4 Å². The van der Waals surface area contributed by atoms with Crippen molar-refractivity contribution in [2.24, 2.45) is 0 Å². The first-order valence-electron chi connectivity index (χ1n) is 8.40. The molecule has 0 atom stereocenters. The highest BCUT2D eigenvalue weighted by Gasteiger charge is 2.23. The van der Waals surface area contributed by atoms with Gasteiger partial charge in [0.25, 0.3) is 0 Å². The van der Waals surface area contributed by atoms with Gasteiger partial charge in [0.15, 0.2) is 5.43 Å². The largest absolute Gasteiger partial charge is 0.497 e. The molecule has 0 aliphatic rings. The molecule has 0 unspecified atom stereocenters. The van der Waals surface area contributed by atoms with Gasteiger partial charge in [0.1, 0.15) is 34.0 Å². The van der Waals surface area contributed by atoms with Gasteiger partial charge in [0.05, 0.1) is 33.5 Å². The minimum atomic E-state index is -0.193. The van der Waals surface area contributed by atoms with Gasteiger partial charge in [-0.15, -0.1) is 0 Å². The van der Waals surface area contributed by atoms with Crippen LogP contribution in [0.2, 0.25) is 0 Å². The third kappa shape index (κ3) is 3.24. The standard InChI is InChI=1S/C21H22O6/c1-12-19(25-4)15(11-23-2)21(26-5)18-16(22)10-17(27-20(12)18)13-6-8-14(24-3)9-7-13/h6-10H,11H2,1-5H3. The van der Waals surface area contributed by atoms with Gasteiger partial charge in [-0.3, -0.25) is 4.79 Å². The summed E-state index contributed by atoms with van der Waals surface area (Å²) in [5, 5.41) is 0.375. The SMILES string of the molecule is COCc1c(OC)c(C)c2oc(-c3ccc(OC)cc3)cc(=O)c2c1OC. The van der Waals surface area contributed by atoms with E-state index in [0.717, 1.165) is 11.3 Å². The average Bonchev–Trinajstić information content (AvgIpc) is 2.69. The molecule has 0 aliphatic heterocycles. The summed E-state index contributed by atoms with van der Waals surface area (Å²) >= 11 is 0. The Bertz CT molecular complexity index is 1020. The van der Waals surface area contributed by atoms with Gasteiger partial charge in [-0.1, -0.05) is 0 Å². The van der Waals surface area contributed by atoms with E-state index < -0.39 is 0 Å². The van der Waals surface area contributed by atoms with E-state index in [-0.39, 0.29) is 12.0 Å². The molecule has 0 amide bonds. The van der Waals surface area contributed by atoms with E-state index >= 15 is 0 Å². The zero-order valence-corrected chi connectivity index (χ0v) is 16.0. The molecular weight excluding hydrogens is 348 g/mol. The number of benzene rings is 2. The smallest absolute Gasteiger partial charge is 0.197 e. The quantitative estimate of drug-likeness (QED) is 0.655. The van der Waals surface area contributed by atoms with Crippen molar-refractivity contribution in [3.8, 4) is 28.6 Å². The van der Waals surface area contributed by atoms with Crippen molar-refractivity contribution in [1.29, 1.82) is 0 Å². The van der Waals surface area contributed by atoms with Gasteiger partial charge >= 0.3 is 0 Å². The molecule has 0 spiro atoms. The summed E-state index contributed by atoms with van der Waals surface area (Å²) in [5.41, 5.74) is 2.40. The predicted octanol–water partition coefficient (Wildman–Crippen LogP) is 3.94. The lowest BCUT2D eigenvalue weighted by molar-refractivity contribution is 0.178. The molecule has 0 saturated carbocycles. The van der Waals surface area contributed by atoms with E-state index in [1.807, 2.05) is 31.2 Å². The first kappa shape index (κ1) is 18.8. The van der Waals surface area contributed by atoms with Crippen LogP contribution in [-0.4, -0.2) is 28.4 Å². The second-order valence-electron chi connectivity index (χ2n) is 6.01. The maximum Gasteiger partial charge on any atom is 0.197 e. The van der Waals surface area contributed by atoms with Crippen molar-refractivity contribution in [2.45, 2.75) is 13.5 Å². The van der Waals surface area contributed by atoms with Crippen LogP contribution in [0.15, 0.2) is 39.5 Å². The summed E-state index contributed by atoms with van der Waals surface area (Å²) in [4.78, 5) is 12.9. The Labute approximate surface area is 157 Å². The van der Waals surface area contributed by atoms with Crippen molar-refractivity contribution in [2.75, 3.05) is 28.4 Å². The zero-order valence-electron chi connectivity index (χ0n) is 16.0. The normalized spacial score (nSPS) is 10.9. The molecule has 0 N–H and O–H groups in total. The van der Waals surface area contributed by atoms with Crippen molar-refractivity contribution in [1.82, 2.24) is 0 Å². The Morgan fingerprint density at radius 1 is 0.926 bits per heavy atom. The Balaban J connectivity index is 2.32. The highest BCUT2D eigenvalue weighted by Crippen LogP contribution is 2.40. The van der Waals surface area contributed by atoms with Crippen molar-refractivity contribution in [3.63, 3.8) is 0 Å². The summed E-state index contributed by atoms with van der Waals surface area (Å²) in [6.45, 7) is 2.10. The van der Waals surface area contributed by atoms with Crippen LogP contribution >= 0.6 is 0 Å². The minimum absolute atomic E-state index is 0.193. The summed E-state index contributed by atoms with van der Waals surface area (Å²) in [6.07, 6.45) is 0. The van der Waals surface area contributed by atoms with Gasteiger partial charge in [-0.05, 0) is 31.2 Å². The Morgan fingerprint density at radius 2 is 1.59 bits per heavy atom. The third-order valence-electron chi connectivity index (χ3n) is 4.48. The van der Waals surface area contributed by atoms with Gasteiger partial charge in [0.2, 0.25) is 0 Å². The number of hydrogen-bond acceptors (Lipinski definition) is 6. The molecule has 0 radical (unpaired) electrons. The average molecular weight is 370 g/mol. The highest BCUT2D eigenvalue weighted by atomic mass is 16.5. The van der Waals surface area contributed by atoms with Crippen LogP contribution in [0.1, 0.15) is 11.1 Å². The van der Waals surface area contributed by atoms with Crippen LogP contribution in [-0.2, 0) is 11.3 Å². The molecule has 27 heavy (non-hydrogen) atoms. The summed E-state index contributed by atoms with van der Waals surface area (Å²) in [7, 11) is 6.26. The zero-order chi connectivity index (χ0) is 19.6. The topological polar surface area (TPSA) is 67.1 Å². The van der Waals surface area contributed by atoms with E-state index in [1.54, 1.807) is 21.3 Å². The number of aryl methyl sites for hydroxylation is 1. The van der Waals surface area contributed by atoms with Crippen molar-refractivity contribution >= 4 is 11.0 Å². The van der Waals surface area contributed by atoms with E-state index in [0.29, 0.717) is 39.4 Å². The molecule has 3 aromatic rings. The number of methoxy groups -OCH3 is 4. The number of rotatable bonds is 6. The monoisotopic (exact) mass is 370 g/mol. The van der Waals surface area contributed by atoms with E-state index in [2.05, 4.69) is 0 Å². The summed E-state index contributed by atoms with van der Waals surface area (Å²) < 4.78 is 27.6. The third-order valence-corrected chi connectivity index (χ3v) is 4.48. The highest BCUT2D eigenvalue weighted by molar-refractivity contribution is 5.91. The molecule has 1 heterocycles. The molecule has 0 aliphatic carbocycles. The predicted molar refractivity (Wildman–Crippen MR) is 103 cm³/mol. The first-order chi connectivity index (χ1) is 13.0. The van der Waals surface area contributed by atoms with E-state index in [1.165, 1.54) is 13.2 Å². The van der Waals surface area contributed by atoms with E-state index in [4.69, 9.17) is 23.4 Å². The van der Waals surface area contributed by atoms with Gasteiger partial charge < -0.3 is 23.4 Å². The van der Waals surface area contributed by atoms with Crippen LogP contribution in [0.25, 0.3) is 22.3 Å². The van der Waals surface area contributed by atoms with Gasteiger partial charge in [-0.2, -0.15) is 0 Å². The summed E-state index contributed by atoms with van der Waals surface area (Å²) in [5.74, 6) is 2.17. The summed E-state index contributed by atoms with van der Waals surface area (Å²) in [6, 6.07) is 8.78. The Kier molecular flexibility index (Phi) is 5.37. The maximum absolute atomic E-state index is 12.9. The molecule has 1 aromatic heterocycles. The maximum atomic E-state index is 12.9. The lowest BCUT2D eigenvalue weighted by Crippen LogP contribution is -2.08. The molecule has 3 rings (SSSR count). The molecule has 0 fully saturated rings. The van der Waals surface area contributed by atoms with Crippen molar-refractivity contribution in [3.05, 3.63) is 51.7 Å². The molecule has 2 aromatic carbocycles. The lowest BCUT2D eigenvalue weighted by atomic mass is 10.0. The van der Waals surface area contributed by atoms with Crippen LogP contribution in [0.4, 0.5) is 0 Å². The fourth-order valence-electron chi connectivity index (χ4n) is 3.23. The Hall–Kier alpha value is -2.99. The molecule has 6 heteroatoms. The van der Waals surface area contributed by atoms with Crippen LogP contribution in [0.3, 0.4) is 0 Å². The second-order valence-corrected chi connectivity index (χ2v) is 6.01. The fourth-order valence-corrected chi connectivity index (χ4v) is 3.23. The molecular formula is C21H22O6. The van der Waals surface area contributed by atoms with Gasteiger partial charge in [0, 0.05) is 24.3 Å². The molecule has 142 valence electrons. The number of hydrogen-bond donors (Lipinski definition) is 0. The fraction of sp³-hybridized carbons (Fsp3) is 0.286.